The minimum atomic E-state index is -0.686. The van der Waals surface area contributed by atoms with E-state index in [0.29, 0.717) is 6.04 Å². The molecule has 0 saturated heterocycles. The Bertz CT molecular complexity index is 180. The lowest BCUT2D eigenvalue weighted by atomic mass is 10.1. The predicted octanol–water partition coefficient (Wildman–Crippen LogP) is 1.53. The van der Waals surface area contributed by atoms with E-state index in [1.165, 1.54) is 19.3 Å². The molecule has 3 atom stereocenters. The fraction of sp³-hybridized carbons (Fsp3) is 1.00. The Balaban J connectivity index is 2.05. The van der Waals surface area contributed by atoms with Gasteiger partial charge in [0.1, 0.15) is 0 Å². The summed E-state index contributed by atoms with van der Waals surface area (Å²) in [5.74, 6) is 0.977. The monoisotopic (exact) mass is 203 g/mol. The van der Waals surface area contributed by atoms with E-state index in [4.69, 9.17) is 0 Å². The van der Waals surface area contributed by atoms with E-state index in [-0.39, 0.29) is 5.25 Å². The molecule has 0 spiro atoms. The molecule has 0 aromatic rings. The van der Waals surface area contributed by atoms with Crippen LogP contribution >= 0.6 is 0 Å². The summed E-state index contributed by atoms with van der Waals surface area (Å²) in [4.78, 5) is 0. The Hall–Kier alpha value is 0.110. The molecule has 1 aliphatic rings. The van der Waals surface area contributed by atoms with Crippen LogP contribution in [0.15, 0.2) is 0 Å². The lowest BCUT2D eigenvalue weighted by Gasteiger charge is -2.15. The fourth-order valence-corrected chi connectivity index (χ4v) is 1.75. The van der Waals surface area contributed by atoms with Gasteiger partial charge in [0.15, 0.2) is 0 Å². The van der Waals surface area contributed by atoms with Gasteiger partial charge in [-0.15, -0.1) is 0 Å². The molecule has 0 aliphatic heterocycles. The van der Waals surface area contributed by atoms with E-state index >= 15 is 0 Å². The molecular weight excluding hydrogens is 182 g/mol. The topological polar surface area (TPSA) is 29.1 Å². The first-order valence-electron chi connectivity index (χ1n) is 5.15. The van der Waals surface area contributed by atoms with Crippen molar-refractivity contribution in [2.24, 2.45) is 5.92 Å². The standard InChI is InChI=1S/C10H21NOS/c1-8(6-10-4-5-10)11-7-9(2)13(3)12/h8-11H,4-7H2,1-3H3. The van der Waals surface area contributed by atoms with Crippen LogP contribution in [-0.4, -0.2) is 28.3 Å². The third-order valence-corrected chi connectivity index (χ3v) is 4.00. The van der Waals surface area contributed by atoms with Gasteiger partial charge >= 0.3 is 0 Å². The maximum atomic E-state index is 11.1. The molecule has 3 unspecified atom stereocenters. The Morgan fingerprint density at radius 1 is 1.46 bits per heavy atom. The molecule has 3 heteroatoms. The van der Waals surface area contributed by atoms with Gasteiger partial charge < -0.3 is 5.32 Å². The van der Waals surface area contributed by atoms with Crippen molar-refractivity contribution in [2.45, 2.75) is 44.4 Å². The molecule has 1 fully saturated rings. The third-order valence-electron chi connectivity index (χ3n) is 2.70. The van der Waals surface area contributed by atoms with Gasteiger partial charge in [0.2, 0.25) is 0 Å². The molecule has 0 amide bonds. The van der Waals surface area contributed by atoms with Gasteiger partial charge in [0, 0.05) is 34.9 Å². The highest BCUT2D eigenvalue weighted by Gasteiger charge is 2.23. The van der Waals surface area contributed by atoms with Crippen LogP contribution in [0.1, 0.15) is 33.1 Å². The Kier molecular flexibility index (Phi) is 4.39. The van der Waals surface area contributed by atoms with E-state index in [0.717, 1.165) is 12.5 Å². The first kappa shape index (κ1) is 11.2. The summed E-state index contributed by atoms with van der Waals surface area (Å²) < 4.78 is 11.1. The first-order chi connectivity index (χ1) is 6.09. The molecule has 13 heavy (non-hydrogen) atoms. The second-order valence-corrected chi connectivity index (χ2v) is 6.10. The third kappa shape index (κ3) is 4.77. The van der Waals surface area contributed by atoms with E-state index in [1.54, 1.807) is 6.26 Å². The zero-order valence-electron chi connectivity index (χ0n) is 8.88. The maximum absolute atomic E-state index is 11.1. The van der Waals surface area contributed by atoms with Crippen LogP contribution in [0.5, 0.6) is 0 Å². The molecule has 0 bridgehead atoms. The highest BCUT2D eigenvalue weighted by atomic mass is 32.2. The quantitative estimate of drug-likeness (QED) is 0.709. The highest BCUT2D eigenvalue weighted by molar-refractivity contribution is 7.84. The number of hydrogen-bond donors (Lipinski definition) is 1. The van der Waals surface area contributed by atoms with Crippen molar-refractivity contribution in [3.63, 3.8) is 0 Å². The lowest BCUT2D eigenvalue weighted by molar-refractivity contribution is 0.489. The van der Waals surface area contributed by atoms with Gasteiger partial charge in [-0.1, -0.05) is 12.8 Å². The normalized spacial score (nSPS) is 23.9. The average Bonchev–Trinajstić information content (AvgIpc) is 2.83. The van der Waals surface area contributed by atoms with Crippen LogP contribution < -0.4 is 5.32 Å². The van der Waals surface area contributed by atoms with Crippen molar-refractivity contribution in [3.05, 3.63) is 0 Å². The van der Waals surface area contributed by atoms with Crippen molar-refractivity contribution in [1.82, 2.24) is 5.32 Å². The molecule has 1 N–H and O–H groups in total. The van der Waals surface area contributed by atoms with E-state index in [2.05, 4.69) is 12.2 Å². The molecule has 0 aromatic heterocycles. The minimum absolute atomic E-state index is 0.279. The summed E-state index contributed by atoms with van der Waals surface area (Å²) in [6.45, 7) is 5.15. The zero-order chi connectivity index (χ0) is 9.84. The van der Waals surface area contributed by atoms with Crippen LogP contribution in [0.2, 0.25) is 0 Å². The van der Waals surface area contributed by atoms with Crippen LogP contribution in [0.4, 0.5) is 0 Å². The minimum Gasteiger partial charge on any atom is -0.313 e. The largest absolute Gasteiger partial charge is 0.313 e. The van der Waals surface area contributed by atoms with Gasteiger partial charge in [-0.25, -0.2) is 0 Å². The molecule has 1 saturated carbocycles. The van der Waals surface area contributed by atoms with Crippen molar-refractivity contribution in [2.75, 3.05) is 12.8 Å². The average molecular weight is 203 g/mol. The second kappa shape index (κ2) is 5.11. The molecule has 1 rings (SSSR count). The summed E-state index contributed by atoms with van der Waals surface area (Å²) in [6, 6.07) is 0.596. The highest BCUT2D eigenvalue weighted by Crippen LogP contribution is 2.33. The molecule has 2 nitrogen and oxygen atoms in total. The van der Waals surface area contributed by atoms with Crippen LogP contribution in [0.25, 0.3) is 0 Å². The lowest BCUT2D eigenvalue weighted by Crippen LogP contribution is -2.34. The number of rotatable bonds is 6. The molecule has 0 radical (unpaired) electrons. The van der Waals surface area contributed by atoms with Crippen LogP contribution in [0, 0.1) is 5.92 Å². The Morgan fingerprint density at radius 3 is 2.54 bits per heavy atom. The van der Waals surface area contributed by atoms with Crippen LogP contribution in [-0.2, 0) is 10.8 Å². The van der Waals surface area contributed by atoms with Crippen LogP contribution in [0.3, 0.4) is 0 Å². The zero-order valence-corrected chi connectivity index (χ0v) is 9.69. The van der Waals surface area contributed by atoms with Crippen molar-refractivity contribution < 1.29 is 4.21 Å². The van der Waals surface area contributed by atoms with E-state index in [9.17, 15) is 4.21 Å². The summed E-state index contributed by atoms with van der Waals surface area (Å²) in [6.07, 6.45) is 5.91. The number of nitrogens with one attached hydrogen (secondary N) is 1. The summed E-state index contributed by atoms with van der Waals surface area (Å²) in [5, 5.41) is 3.72. The van der Waals surface area contributed by atoms with Gasteiger partial charge in [-0.3, -0.25) is 4.21 Å². The number of hydrogen-bond acceptors (Lipinski definition) is 2. The summed E-state index contributed by atoms with van der Waals surface area (Å²) in [7, 11) is -0.686. The van der Waals surface area contributed by atoms with Gasteiger partial charge in [-0.2, -0.15) is 0 Å². The molecule has 0 heterocycles. The molecule has 78 valence electrons. The molecular formula is C10H21NOS. The SMILES string of the molecule is CC(CC1CC1)NCC(C)S(C)=O. The summed E-state index contributed by atoms with van der Waals surface area (Å²) in [5.41, 5.74) is 0. The van der Waals surface area contributed by atoms with Crippen molar-refractivity contribution in [1.29, 1.82) is 0 Å². The van der Waals surface area contributed by atoms with Crippen molar-refractivity contribution >= 4 is 10.8 Å². The maximum Gasteiger partial charge on any atom is 0.0441 e. The Labute approximate surface area is 83.9 Å². The Morgan fingerprint density at radius 2 is 2.08 bits per heavy atom. The molecule has 1 aliphatic carbocycles. The predicted molar refractivity (Wildman–Crippen MR) is 58.3 cm³/mol. The van der Waals surface area contributed by atoms with Crippen molar-refractivity contribution in [3.8, 4) is 0 Å². The van der Waals surface area contributed by atoms with Gasteiger partial charge in [-0.05, 0) is 26.2 Å². The molecule has 0 aromatic carbocycles. The van der Waals surface area contributed by atoms with Gasteiger partial charge in [0.05, 0.1) is 0 Å². The van der Waals surface area contributed by atoms with Gasteiger partial charge in [0.25, 0.3) is 0 Å². The fourth-order valence-electron chi connectivity index (χ4n) is 1.42. The summed E-state index contributed by atoms with van der Waals surface area (Å²) >= 11 is 0. The first-order valence-corrected chi connectivity index (χ1v) is 6.77. The smallest absolute Gasteiger partial charge is 0.0441 e. The second-order valence-electron chi connectivity index (χ2n) is 4.30. The van der Waals surface area contributed by atoms with E-state index < -0.39 is 10.8 Å². The van der Waals surface area contributed by atoms with E-state index in [1.807, 2.05) is 6.92 Å².